The van der Waals surface area contributed by atoms with E-state index in [2.05, 4.69) is 74.6 Å². The van der Waals surface area contributed by atoms with Crippen LogP contribution in [0.3, 0.4) is 0 Å². The molecule has 0 fully saturated rings. The number of carbonyl (C=O) groups is 3. The summed E-state index contributed by atoms with van der Waals surface area (Å²) in [6, 6.07) is 0. The predicted molar refractivity (Wildman–Crippen MR) is 445 cm³/mol. The lowest BCUT2D eigenvalue weighted by molar-refractivity contribution is -0.870. The molecule has 0 radical (unpaired) electrons. The first-order chi connectivity index (χ1) is 50.6. The highest BCUT2D eigenvalue weighted by Gasteiger charge is 2.22. The number of quaternary nitrogens is 1. The van der Waals surface area contributed by atoms with Crippen LogP contribution in [0.1, 0.15) is 463 Å². The van der Waals surface area contributed by atoms with E-state index < -0.39 is 24.3 Å². The fourth-order valence-electron chi connectivity index (χ4n) is 13.8. The smallest absolute Gasteiger partial charge is 0.306 e. The molecule has 2 atom stereocenters. The standard InChI is InChI=1S/C94H175NO8/c1-6-8-10-12-14-16-18-20-22-24-26-28-30-32-34-36-38-40-42-44-46-48-50-52-54-56-58-60-62-64-66-68-70-72-74-76-78-80-82-84-91(96)101-88-90(89-102-94(93(98)99)100-87-86-95(3,4)5)103-92(97)85-83-81-79-77-75-73-71-69-67-65-63-61-59-57-55-53-51-49-47-45-43-41-39-37-35-33-31-29-27-25-23-21-19-17-15-13-11-9-7-2/h18-21,24-27,31,33,90,94H,6-17,22-23,28-30,32,34-89H2,1-5H3/b20-18-,21-19-,26-24-,27-25-,33-31-. The molecule has 0 bridgehead atoms. The number of esters is 2. The van der Waals surface area contributed by atoms with Crippen molar-refractivity contribution in [3.63, 3.8) is 0 Å². The fourth-order valence-corrected chi connectivity index (χ4v) is 13.8. The second-order valence-electron chi connectivity index (χ2n) is 32.2. The van der Waals surface area contributed by atoms with Gasteiger partial charge >= 0.3 is 11.9 Å². The van der Waals surface area contributed by atoms with E-state index in [0.717, 1.165) is 57.8 Å². The van der Waals surface area contributed by atoms with Crippen molar-refractivity contribution in [2.75, 3.05) is 47.5 Å². The van der Waals surface area contributed by atoms with Crippen LogP contribution in [0, 0.1) is 0 Å². The molecule has 0 aliphatic carbocycles. The van der Waals surface area contributed by atoms with Gasteiger partial charge < -0.3 is 33.3 Å². The number of unbranched alkanes of at least 4 members (excludes halogenated alkanes) is 61. The normalized spacial score (nSPS) is 12.8. The minimum absolute atomic E-state index is 0.151. The van der Waals surface area contributed by atoms with Crippen molar-refractivity contribution in [2.45, 2.75) is 476 Å². The Balaban J connectivity index is 3.90. The van der Waals surface area contributed by atoms with Gasteiger partial charge in [0.25, 0.3) is 0 Å². The van der Waals surface area contributed by atoms with Gasteiger partial charge in [-0.25, -0.2) is 0 Å². The Labute approximate surface area is 641 Å². The van der Waals surface area contributed by atoms with Crippen LogP contribution in [-0.4, -0.2) is 82.3 Å². The first-order valence-electron chi connectivity index (χ1n) is 45.4. The highest BCUT2D eigenvalue weighted by Crippen LogP contribution is 2.21. The number of rotatable bonds is 86. The Morgan fingerprint density at radius 3 is 0.777 bits per heavy atom. The van der Waals surface area contributed by atoms with Gasteiger partial charge in [-0.2, -0.15) is 0 Å². The number of nitrogens with zero attached hydrogens (tertiary/aromatic N) is 1. The summed E-state index contributed by atoms with van der Waals surface area (Å²) in [5.41, 5.74) is 0. The van der Waals surface area contributed by atoms with Crippen molar-refractivity contribution in [1.29, 1.82) is 0 Å². The van der Waals surface area contributed by atoms with E-state index in [1.54, 1.807) is 0 Å². The highest BCUT2D eigenvalue weighted by molar-refractivity contribution is 5.70. The Hall–Kier alpha value is -3.01. The van der Waals surface area contributed by atoms with Crippen molar-refractivity contribution >= 4 is 17.9 Å². The summed E-state index contributed by atoms with van der Waals surface area (Å²) in [7, 11) is 5.96. The van der Waals surface area contributed by atoms with Crippen molar-refractivity contribution in [1.82, 2.24) is 0 Å². The van der Waals surface area contributed by atoms with Crippen molar-refractivity contribution in [2.24, 2.45) is 0 Å². The number of carboxylic acid groups (broad SMARTS) is 1. The molecule has 0 spiro atoms. The second kappa shape index (κ2) is 84.6. The van der Waals surface area contributed by atoms with Gasteiger partial charge in [0.05, 0.1) is 40.3 Å². The molecular formula is C94H175NO8. The van der Waals surface area contributed by atoms with Crippen LogP contribution < -0.4 is 5.11 Å². The molecule has 0 saturated carbocycles. The summed E-state index contributed by atoms with van der Waals surface area (Å²) in [6.45, 7) is 4.81. The molecule has 0 rings (SSSR count). The van der Waals surface area contributed by atoms with Crippen LogP contribution in [-0.2, 0) is 33.3 Å². The maximum atomic E-state index is 13.0. The third-order valence-corrected chi connectivity index (χ3v) is 20.7. The second-order valence-corrected chi connectivity index (χ2v) is 32.2. The van der Waals surface area contributed by atoms with Gasteiger partial charge in [0, 0.05) is 12.8 Å². The average Bonchev–Trinajstić information content (AvgIpc) is 0.985. The van der Waals surface area contributed by atoms with E-state index in [1.165, 1.54) is 379 Å². The van der Waals surface area contributed by atoms with E-state index in [4.69, 9.17) is 18.9 Å². The predicted octanol–water partition coefficient (Wildman–Crippen LogP) is 28.4. The van der Waals surface area contributed by atoms with Gasteiger partial charge in [-0.1, -0.05) is 428 Å². The maximum Gasteiger partial charge on any atom is 0.306 e. The lowest BCUT2D eigenvalue weighted by Crippen LogP contribution is -2.44. The SMILES string of the molecule is CCCCCCC/C=C\C/C=C\C/C=C\CCCCCCCCCCCCCCCCCCCCCCCCCCC(=O)OC(COC(=O)CCCCCCCCCCCCCCCCCCCCCCCCCCCCC/C=C\C/C=C\CCCCCCC)COC(OCC[N+](C)(C)C)C(=O)[O-]. The summed E-state index contributed by atoms with van der Waals surface area (Å²) in [5, 5.41) is 11.9. The third-order valence-electron chi connectivity index (χ3n) is 20.7. The first kappa shape index (κ1) is 100.0. The fraction of sp³-hybridized carbons (Fsp3) is 0.862. The lowest BCUT2D eigenvalue weighted by Gasteiger charge is -2.26. The molecule has 103 heavy (non-hydrogen) atoms. The number of aliphatic carboxylic acids is 1. The molecule has 9 nitrogen and oxygen atoms in total. The minimum atomic E-state index is -1.62. The Morgan fingerprint density at radius 1 is 0.291 bits per heavy atom. The van der Waals surface area contributed by atoms with Crippen LogP contribution in [0.4, 0.5) is 0 Å². The van der Waals surface area contributed by atoms with E-state index in [-0.39, 0.29) is 32.2 Å². The zero-order valence-corrected chi connectivity index (χ0v) is 69.5. The first-order valence-corrected chi connectivity index (χ1v) is 45.4. The minimum Gasteiger partial charge on any atom is -0.545 e. The summed E-state index contributed by atoms with van der Waals surface area (Å²) in [4.78, 5) is 37.7. The van der Waals surface area contributed by atoms with Gasteiger partial charge in [0.15, 0.2) is 12.4 Å². The number of ether oxygens (including phenoxy) is 4. The van der Waals surface area contributed by atoms with Crippen molar-refractivity contribution in [3.05, 3.63) is 60.8 Å². The molecule has 2 unspecified atom stereocenters. The van der Waals surface area contributed by atoms with Gasteiger partial charge in [-0.15, -0.1) is 0 Å². The largest absolute Gasteiger partial charge is 0.545 e. The number of hydrogen-bond donors (Lipinski definition) is 0. The van der Waals surface area contributed by atoms with Crippen molar-refractivity contribution < 1.29 is 42.9 Å². The van der Waals surface area contributed by atoms with Crippen LogP contribution in [0.15, 0.2) is 60.8 Å². The molecule has 604 valence electrons. The zero-order chi connectivity index (χ0) is 74.6. The van der Waals surface area contributed by atoms with E-state index >= 15 is 0 Å². The molecule has 0 aromatic carbocycles. The number of allylic oxidation sites excluding steroid dienone is 10. The van der Waals surface area contributed by atoms with Gasteiger partial charge in [0.2, 0.25) is 0 Å². The van der Waals surface area contributed by atoms with Crippen molar-refractivity contribution in [3.8, 4) is 0 Å². The molecule has 0 saturated heterocycles. The molecule has 0 aliphatic rings. The van der Waals surface area contributed by atoms with Gasteiger partial charge in [-0.05, 0) is 83.5 Å². The van der Waals surface area contributed by atoms with Crippen LogP contribution in [0.2, 0.25) is 0 Å². The molecule has 0 aromatic rings. The molecular weight excluding hydrogens is 1270 g/mol. The number of carbonyl (C=O) groups excluding carboxylic acids is 3. The third kappa shape index (κ3) is 86.1. The summed E-state index contributed by atoms with van der Waals surface area (Å²) in [6.07, 6.45) is 111. The molecule has 0 aromatic heterocycles. The summed E-state index contributed by atoms with van der Waals surface area (Å²) >= 11 is 0. The number of carboxylic acids is 1. The maximum absolute atomic E-state index is 13.0. The quantitative estimate of drug-likeness (QED) is 0.0195. The van der Waals surface area contributed by atoms with E-state index in [1.807, 2.05) is 21.1 Å². The molecule has 0 aliphatic heterocycles. The topological polar surface area (TPSA) is 111 Å². The number of likely N-dealkylation sites (N-methyl/N-ethyl adjacent to an activating group) is 1. The van der Waals surface area contributed by atoms with E-state index in [9.17, 15) is 19.5 Å². The summed E-state index contributed by atoms with van der Waals surface area (Å²) in [5.74, 6) is -2.25. The van der Waals surface area contributed by atoms with Gasteiger partial charge in [-0.3, -0.25) is 9.59 Å². The lowest BCUT2D eigenvalue weighted by atomic mass is 10.0. The van der Waals surface area contributed by atoms with Gasteiger partial charge in [0.1, 0.15) is 13.2 Å². The molecule has 0 amide bonds. The van der Waals surface area contributed by atoms with Crippen LogP contribution >= 0.6 is 0 Å². The van der Waals surface area contributed by atoms with E-state index in [0.29, 0.717) is 17.4 Å². The Bertz CT molecular complexity index is 1880. The number of hydrogen-bond acceptors (Lipinski definition) is 8. The Morgan fingerprint density at radius 2 is 0.524 bits per heavy atom. The van der Waals surface area contributed by atoms with Crippen LogP contribution in [0.25, 0.3) is 0 Å². The summed E-state index contributed by atoms with van der Waals surface area (Å²) < 4.78 is 22.9. The molecule has 9 heteroatoms. The molecule has 0 N–H and O–H groups in total. The monoisotopic (exact) mass is 1450 g/mol. The highest BCUT2D eigenvalue weighted by atomic mass is 16.7. The average molecular weight is 1450 g/mol. The van der Waals surface area contributed by atoms with Crippen LogP contribution in [0.5, 0.6) is 0 Å². The molecule has 0 heterocycles. The Kier molecular flexibility index (Phi) is 82.1. The zero-order valence-electron chi connectivity index (χ0n) is 69.5.